The zero-order valence-electron chi connectivity index (χ0n) is 14.3. The SMILES string of the molecule is CNC[C@H]1CC[C@@H]2[C@H](O1)c1cc(Br)cc(F)c1N[C@H]2C1C=CC=CC1. The van der Waals surface area contributed by atoms with Crippen molar-refractivity contribution < 1.29 is 9.13 Å². The fourth-order valence-corrected chi connectivity index (χ4v) is 4.94. The Morgan fingerprint density at radius 1 is 1.32 bits per heavy atom. The summed E-state index contributed by atoms with van der Waals surface area (Å²) in [6, 6.07) is 3.75. The Morgan fingerprint density at radius 3 is 2.96 bits per heavy atom. The molecule has 2 aliphatic heterocycles. The predicted molar refractivity (Wildman–Crippen MR) is 102 cm³/mol. The summed E-state index contributed by atoms with van der Waals surface area (Å²) in [5.74, 6) is 0.524. The van der Waals surface area contributed by atoms with Gasteiger partial charge < -0.3 is 15.4 Å². The van der Waals surface area contributed by atoms with Gasteiger partial charge in [0.1, 0.15) is 5.82 Å². The lowest BCUT2D eigenvalue weighted by Gasteiger charge is -2.47. The number of benzene rings is 1. The smallest absolute Gasteiger partial charge is 0.147 e. The van der Waals surface area contributed by atoms with Crippen molar-refractivity contribution >= 4 is 21.6 Å². The fraction of sp³-hybridized carbons (Fsp3) is 0.500. The van der Waals surface area contributed by atoms with Gasteiger partial charge in [0.05, 0.1) is 17.9 Å². The lowest BCUT2D eigenvalue weighted by molar-refractivity contribution is -0.0936. The van der Waals surface area contributed by atoms with E-state index < -0.39 is 0 Å². The van der Waals surface area contributed by atoms with Crippen LogP contribution in [-0.2, 0) is 4.74 Å². The number of hydrogen-bond acceptors (Lipinski definition) is 3. The van der Waals surface area contributed by atoms with Crippen molar-refractivity contribution in [1.29, 1.82) is 0 Å². The molecule has 1 unspecified atom stereocenters. The van der Waals surface area contributed by atoms with Gasteiger partial charge in [0, 0.05) is 34.5 Å². The Hall–Kier alpha value is -1.17. The van der Waals surface area contributed by atoms with Crippen LogP contribution in [0.15, 0.2) is 40.9 Å². The molecule has 1 aromatic carbocycles. The van der Waals surface area contributed by atoms with Gasteiger partial charge in [0.2, 0.25) is 0 Å². The van der Waals surface area contributed by atoms with Crippen molar-refractivity contribution in [1.82, 2.24) is 5.32 Å². The second-order valence-electron chi connectivity index (χ2n) is 7.21. The van der Waals surface area contributed by atoms with E-state index in [0.29, 0.717) is 17.5 Å². The summed E-state index contributed by atoms with van der Waals surface area (Å²) in [7, 11) is 1.95. The highest BCUT2D eigenvalue weighted by atomic mass is 79.9. The van der Waals surface area contributed by atoms with Crippen molar-refractivity contribution in [3.05, 3.63) is 52.3 Å². The van der Waals surface area contributed by atoms with Crippen LogP contribution in [0.4, 0.5) is 10.1 Å². The maximum Gasteiger partial charge on any atom is 0.147 e. The van der Waals surface area contributed by atoms with E-state index in [4.69, 9.17) is 4.74 Å². The van der Waals surface area contributed by atoms with Crippen LogP contribution in [0.5, 0.6) is 0 Å². The molecule has 5 atom stereocenters. The minimum absolute atomic E-state index is 0.0559. The average molecular weight is 407 g/mol. The highest BCUT2D eigenvalue weighted by molar-refractivity contribution is 9.10. The summed E-state index contributed by atoms with van der Waals surface area (Å²) in [6.45, 7) is 0.833. The van der Waals surface area contributed by atoms with Crippen LogP contribution in [0, 0.1) is 17.7 Å². The molecule has 0 aromatic heterocycles. The van der Waals surface area contributed by atoms with Crippen molar-refractivity contribution in [2.45, 2.75) is 37.5 Å². The third kappa shape index (κ3) is 3.29. The van der Waals surface area contributed by atoms with Crippen LogP contribution >= 0.6 is 15.9 Å². The molecular weight excluding hydrogens is 383 g/mol. The first-order chi connectivity index (χ1) is 12.2. The molecule has 4 rings (SSSR count). The topological polar surface area (TPSA) is 33.3 Å². The van der Waals surface area contributed by atoms with Gasteiger partial charge in [-0.25, -0.2) is 4.39 Å². The molecule has 1 aliphatic carbocycles. The first kappa shape index (κ1) is 17.3. The molecule has 0 spiro atoms. The summed E-state index contributed by atoms with van der Waals surface area (Å²) < 4.78 is 21.9. The Balaban J connectivity index is 1.71. The van der Waals surface area contributed by atoms with Crippen LogP contribution in [0.2, 0.25) is 0 Å². The molecule has 0 bridgehead atoms. The number of anilines is 1. The molecule has 1 fully saturated rings. The fourth-order valence-electron chi connectivity index (χ4n) is 4.49. The largest absolute Gasteiger partial charge is 0.379 e. The van der Waals surface area contributed by atoms with Gasteiger partial charge in [-0.05, 0) is 38.4 Å². The van der Waals surface area contributed by atoms with E-state index in [2.05, 4.69) is 50.9 Å². The van der Waals surface area contributed by atoms with E-state index in [1.807, 2.05) is 13.1 Å². The van der Waals surface area contributed by atoms with Crippen molar-refractivity contribution in [3.8, 4) is 0 Å². The number of likely N-dealkylation sites (N-methyl/N-ethyl adjacent to an activating group) is 1. The molecular formula is C20H24BrFN2O. The van der Waals surface area contributed by atoms with Crippen LogP contribution in [0.3, 0.4) is 0 Å². The summed E-state index contributed by atoms with van der Waals surface area (Å²) in [5, 5.41) is 6.74. The molecule has 3 aliphatic rings. The van der Waals surface area contributed by atoms with Gasteiger partial charge in [-0.15, -0.1) is 0 Å². The quantitative estimate of drug-likeness (QED) is 0.770. The van der Waals surface area contributed by atoms with E-state index in [1.54, 1.807) is 0 Å². The molecule has 0 radical (unpaired) electrons. The Kier molecular flexibility index (Phi) is 4.98. The lowest BCUT2D eigenvalue weighted by Crippen LogP contribution is -2.48. The number of halogens is 2. The molecule has 134 valence electrons. The molecule has 0 amide bonds. The molecule has 25 heavy (non-hydrogen) atoms. The van der Waals surface area contributed by atoms with Gasteiger partial charge in [-0.3, -0.25) is 0 Å². The van der Waals surface area contributed by atoms with Crippen LogP contribution in [0.1, 0.15) is 30.9 Å². The monoisotopic (exact) mass is 406 g/mol. The maximum atomic E-state index is 14.7. The number of nitrogens with one attached hydrogen (secondary N) is 2. The molecule has 5 heteroatoms. The number of fused-ring (bicyclic) bond motifs is 3. The van der Waals surface area contributed by atoms with Crippen LogP contribution in [-0.4, -0.2) is 25.7 Å². The van der Waals surface area contributed by atoms with Gasteiger partial charge in [-0.2, -0.15) is 0 Å². The number of ether oxygens (including phenoxy) is 1. The van der Waals surface area contributed by atoms with Gasteiger partial charge in [0.25, 0.3) is 0 Å². The predicted octanol–water partition coefficient (Wildman–Crippen LogP) is 4.57. The van der Waals surface area contributed by atoms with E-state index in [1.165, 1.54) is 6.07 Å². The summed E-state index contributed by atoms with van der Waals surface area (Å²) in [6.07, 6.45) is 11.9. The summed E-state index contributed by atoms with van der Waals surface area (Å²) in [4.78, 5) is 0. The number of rotatable bonds is 3. The first-order valence-corrected chi connectivity index (χ1v) is 9.85. The zero-order valence-corrected chi connectivity index (χ0v) is 15.9. The van der Waals surface area contributed by atoms with Crippen molar-refractivity contribution in [2.75, 3.05) is 18.9 Å². The summed E-state index contributed by atoms with van der Waals surface area (Å²) in [5.41, 5.74) is 1.56. The molecule has 0 saturated carbocycles. The van der Waals surface area contributed by atoms with Gasteiger partial charge >= 0.3 is 0 Å². The lowest BCUT2D eigenvalue weighted by atomic mass is 9.73. The molecule has 2 heterocycles. The Labute approximate surface area is 156 Å². The van der Waals surface area contributed by atoms with Crippen molar-refractivity contribution in [2.24, 2.45) is 11.8 Å². The van der Waals surface area contributed by atoms with Crippen molar-refractivity contribution in [3.63, 3.8) is 0 Å². The minimum Gasteiger partial charge on any atom is -0.379 e. The number of hydrogen-bond donors (Lipinski definition) is 2. The molecule has 3 nitrogen and oxygen atoms in total. The maximum absolute atomic E-state index is 14.7. The summed E-state index contributed by atoms with van der Waals surface area (Å²) >= 11 is 3.44. The first-order valence-electron chi connectivity index (χ1n) is 9.06. The van der Waals surface area contributed by atoms with E-state index >= 15 is 0 Å². The molecule has 1 saturated heterocycles. The van der Waals surface area contributed by atoms with Crippen LogP contribution in [0.25, 0.3) is 0 Å². The van der Waals surface area contributed by atoms with Crippen LogP contribution < -0.4 is 10.6 Å². The van der Waals surface area contributed by atoms with E-state index in [-0.39, 0.29) is 24.1 Å². The van der Waals surface area contributed by atoms with E-state index in [0.717, 1.165) is 35.8 Å². The second kappa shape index (κ2) is 7.22. The third-order valence-corrected chi connectivity index (χ3v) is 6.08. The highest BCUT2D eigenvalue weighted by Crippen LogP contribution is 2.49. The Morgan fingerprint density at radius 2 is 2.20 bits per heavy atom. The van der Waals surface area contributed by atoms with Gasteiger partial charge in [-0.1, -0.05) is 40.2 Å². The standard InChI is InChI=1S/C20H24BrFN2O/c1-23-11-14-7-8-15-18(12-5-3-2-4-6-12)24-19-16(20(15)25-14)9-13(21)10-17(19)22/h2-5,9-10,12,14-15,18,20,23-24H,6-8,11H2,1H3/t12?,14-,15+,18+,20+/m1/s1. The number of allylic oxidation sites excluding steroid dienone is 3. The zero-order chi connectivity index (χ0) is 17.4. The molecule has 2 N–H and O–H groups in total. The molecule has 1 aromatic rings. The van der Waals surface area contributed by atoms with Gasteiger partial charge in [0.15, 0.2) is 0 Å². The third-order valence-electron chi connectivity index (χ3n) is 5.62. The van der Waals surface area contributed by atoms with E-state index in [9.17, 15) is 4.39 Å². The second-order valence-corrected chi connectivity index (χ2v) is 8.13. The minimum atomic E-state index is -0.206. The highest BCUT2D eigenvalue weighted by Gasteiger charge is 2.44. The normalized spacial score (nSPS) is 33.5. The Bertz CT molecular complexity index is 705. The average Bonchev–Trinajstić information content (AvgIpc) is 2.62.